The molecule has 1 rings (SSSR count). The molecule has 0 saturated heterocycles. The van der Waals surface area contributed by atoms with Crippen LogP contribution in [0.3, 0.4) is 0 Å². The number of nitrogens with one attached hydrogen (secondary N) is 1. The number of halogens is 3. The molecule has 0 aliphatic carbocycles. The van der Waals surface area contributed by atoms with Crippen LogP contribution in [-0.4, -0.2) is 17.8 Å². The molecular formula is C13H16BrCl2NO. The SMILES string of the molecule is CC(C)CC(CCl)NC(=O)c1cc(Br)ccc1Cl. The van der Waals surface area contributed by atoms with E-state index in [2.05, 4.69) is 35.1 Å². The van der Waals surface area contributed by atoms with E-state index in [0.717, 1.165) is 10.9 Å². The van der Waals surface area contributed by atoms with Gasteiger partial charge in [0.2, 0.25) is 0 Å². The highest BCUT2D eigenvalue weighted by Crippen LogP contribution is 2.21. The second-order valence-electron chi connectivity index (χ2n) is 4.58. The van der Waals surface area contributed by atoms with Crippen LogP contribution in [0.25, 0.3) is 0 Å². The van der Waals surface area contributed by atoms with E-state index in [1.54, 1.807) is 18.2 Å². The molecule has 1 N–H and O–H groups in total. The van der Waals surface area contributed by atoms with Crippen LogP contribution >= 0.6 is 39.1 Å². The molecule has 0 bridgehead atoms. The van der Waals surface area contributed by atoms with Gasteiger partial charge >= 0.3 is 0 Å². The summed E-state index contributed by atoms with van der Waals surface area (Å²) in [6, 6.07) is 5.16. The van der Waals surface area contributed by atoms with E-state index in [-0.39, 0.29) is 11.9 Å². The average molecular weight is 353 g/mol. The van der Waals surface area contributed by atoms with Crippen LogP contribution in [0.4, 0.5) is 0 Å². The van der Waals surface area contributed by atoms with E-state index < -0.39 is 0 Å². The monoisotopic (exact) mass is 351 g/mol. The lowest BCUT2D eigenvalue weighted by Gasteiger charge is -2.18. The summed E-state index contributed by atoms with van der Waals surface area (Å²) in [4.78, 5) is 12.1. The van der Waals surface area contributed by atoms with Crippen LogP contribution in [0.1, 0.15) is 30.6 Å². The summed E-state index contributed by atoms with van der Waals surface area (Å²) >= 11 is 15.2. The van der Waals surface area contributed by atoms with E-state index in [0.29, 0.717) is 22.4 Å². The molecule has 100 valence electrons. The molecule has 0 saturated carbocycles. The van der Waals surface area contributed by atoms with Crippen LogP contribution in [0, 0.1) is 5.92 Å². The molecule has 0 fully saturated rings. The molecular weight excluding hydrogens is 337 g/mol. The number of hydrogen-bond donors (Lipinski definition) is 1. The predicted octanol–water partition coefficient (Wildman–Crippen LogP) is 4.49. The Labute approximate surface area is 126 Å². The van der Waals surface area contributed by atoms with Crippen LogP contribution in [-0.2, 0) is 0 Å². The standard InChI is InChI=1S/C13H16BrCl2NO/c1-8(2)5-10(7-15)17-13(18)11-6-9(14)3-4-12(11)16/h3-4,6,8,10H,5,7H2,1-2H3,(H,17,18). The highest BCUT2D eigenvalue weighted by Gasteiger charge is 2.16. The van der Waals surface area contributed by atoms with Gasteiger partial charge in [-0.3, -0.25) is 4.79 Å². The van der Waals surface area contributed by atoms with Crippen molar-refractivity contribution in [2.24, 2.45) is 5.92 Å². The maximum atomic E-state index is 12.1. The molecule has 1 aromatic rings. The predicted molar refractivity (Wildman–Crippen MR) is 80.6 cm³/mol. The summed E-state index contributed by atoms with van der Waals surface area (Å²) in [7, 11) is 0. The summed E-state index contributed by atoms with van der Waals surface area (Å²) in [6.45, 7) is 4.19. The molecule has 18 heavy (non-hydrogen) atoms. The van der Waals surface area contributed by atoms with Gasteiger partial charge in [-0.05, 0) is 30.5 Å². The van der Waals surface area contributed by atoms with Gasteiger partial charge in [-0.15, -0.1) is 11.6 Å². The largest absolute Gasteiger partial charge is 0.348 e. The number of carbonyl (C=O) groups excluding carboxylic acids is 1. The Morgan fingerprint density at radius 3 is 2.67 bits per heavy atom. The number of rotatable bonds is 5. The molecule has 0 aliphatic rings. The van der Waals surface area contributed by atoms with E-state index >= 15 is 0 Å². The van der Waals surface area contributed by atoms with Gasteiger partial charge in [0.15, 0.2) is 0 Å². The van der Waals surface area contributed by atoms with Crippen molar-refractivity contribution in [3.8, 4) is 0 Å². The molecule has 1 aromatic carbocycles. The van der Waals surface area contributed by atoms with Gasteiger partial charge in [0.25, 0.3) is 5.91 Å². The van der Waals surface area contributed by atoms with Gasteiger partial charge in [-0.25, -0.2) is 0 Å². The van der Waals surface area contributed by atoms with Crippen LogP contribution in [0.15, 0.2) is 22.7 Å². The molecule has 5 heteroatoms. The van der Waals surface area contributed by atoms with Gasteiger partial charge in [0.05, 0.1) is 10.6 Å². The minimum absolute atomic E-state index is 0.0331. The zero-order valence-electron chi connectivity index (χ0n) is 10.3. The van der Waals surface area contributed by atoms with Gasteiger partial charge in [-0.1, -0.05) is 41.4 Å². The van der Waals surface area contributed by atoms with Gasteiger partial charge < -0.3 is 5.32 Å². The fraction of sp³-hybridized carbons (Fsp3) is 0.462. The minimum atomic E-state index is -0.187. The molecule has 0 aliphatic heterocycles. The highest BCUT2D eigenvalue weighted by atomic mass is 79.9. The molecule has 0 heterocycles. The molecule has 1 amide bonds. The summed E-state index contributed by atoms with van der Waals surface area (Å²) in [5.41, 5.74) is 0.463. The molecule has 2 nitrogen and oxygen atoms in total. The fourth-order valence-electron chi connectivity index (χ4n) is 1.66. The van der Waals surface area contributed by atoms with Crippen molar-refractivity contribution in [1.29, 1.82) is 0 Å². The summed E-state index contributed by atoms with van der Waals surface area (Å²) in [5, 5.41) is 3.34. The number of carbonyl (C=O) groups is 1. The quantitative estimate of drug-likeness (QED) is 0.777. The molecule has 0 radical (unpaired) electrons. The molecule has 1 atom stereocenters. The summed E-state index contributed by atoms with van der Waals surface area (Å²) < 4.78 is 0.823. The third-order valence-corrected chi connectivity index (χ3v) is 3.65. The number of amides is 1. The maximum Gasteiger partial charge on any atom is 0.253 e. The summed E-state index contributed by atoms with van der Waals surface area (Å²) in [6.07, 6.45) is 0.848. The minimum Gasteiger partial charge on any atom is -0.348 e. The smallest absolute Gasteiger partial charge is 0.253 e. The lowest BCUT2D eigenvalue weighted by atomic mass is 10.0. The zero-order valence-corrected chi connectivity index (χ0v) is 13.4. The maximum absolute atomic E-state index is 12.1. The fourth-order valence-corrected chi connectivity index (χ4v) is 2.43. The second-order valence-corrected chi connectivity index (χ2v) is 6.21. The van der Waals surface area contributed by atoms with Crippen LogP contribution in [0.5, 0.6) is 0 Å². The topological polar surface area (TPSA) is 29.1 Å². The lowest BCUT2D eigenvalue weighted by Crippen LogP contribution is -2.37. The number of benzene rings is 1. The Balaban J connectivity index is 2.77. The van der Waals surface area contributed by atoms with Crippen molar-refractivity contribution in [2.45, 2.75) is 26.3 Å². The first-order valence-corrected chi connectivity index (χ1v) is 7.46. The molecule has 0 spiro atoms. The number of hydrogen-bond acceptors (Lipinski definition) is 1. The van der Waals surface area contributed by atoms with E-state index in [9.17, 15) is 4.79 Å². The van der Waals surface area contributed by atoms with E-state index in [4.69, 9.17) is 23.2 Å². The zero-order chi connectivity index (χ0) is 13.7. The Morgan fingerprint density at radius 2 is 2.11 bits per heavy atom. The highest BCUT2D eigenvalue weighted by molar-refractivity contribution is 9.10. The lowest BCUT2D eigenvalue weighted by molar-refractivity contribution is 0.0937. The van der Waals surface area contributed by atoms with Gasteiger partial charge in [0.1, 0.15) is 0 Å². The van der Waals surface area contributed by atoms with Crippen molar-refractivity contribution in [1.82, 2.24) is 5.32 Å². The third-order valence-electron chi connectivity index (χ3n) is 2.45. The first kappa shape index (κ1) is 15.8. The Kier molecular flexibility index (Phi) is 6.47. The molecule has 0 aromatic heterocycles. The van der Waals surface area contributed by atoms with Crippen molar-refractivity contribution in [3.63, 3.8) is 0 Å². The Bertz CT molecular complexity index is 423. The number of alkyl halides is 1. The normalized spacial score (nSPS) is 12.6. The van der Waals surface area contributed by atoms with Crippen LogP contribution in [0.2, 0.25) is 5.02 Å². The van der Waals surface area contributed by atoms with Gasteiger partial charge in [-0.2, -0.15) is 0 Å². The Hall–Kier alpha value is -0.250. The van der Waals surface area contributed by atoms with E-state index in [1.165, 1.54) is 0 Å². The average Bonchev–Trinajstić information content (AvgIpc) is 2.30. The summed E-state index contributed by atoms with van der Waals surface area (Å²) in [5.74, 6) is 0.690. The van der Waals surface area contributed by atoms with Gasteiger partial charge in [0, 0.05) is 16.4 Å². The van der Waals surface area contributed by atoms with Crippen molar-refractivity contribution < 1.29 is 4.79 Å². The first-order valence-electron chi connectivity index (χ1n) is 5.76. The molecule has 1 unspecified atom stereocenters. The van der Waals surface area contributed by atoms with Crippen LogP contribution < -0.4 is 5.32 Å². The second kappa shape index (κ2) is 7.37. The van der Waals surface area contributed by atoms with E-state index in [1.807, 2.05) is 0 Å². The first-order chi connectivity index (χ1) is 8.43. The Morgan fingerprint density at radius 1 is 1.44 bits per heavy atom. The third kappa shape index (κ3) is 4.79. The van der Waals surface area contributed by atoms with Crippen molar-refractivity contribution in [3.05, 3.63) is 33.3 Å². The van der Waals surface area contributed by atoms with Crippen molar-refractivity contribution in [2.75, 3.05) is 5.88 Å². The van der Waals surface area contributed by atoms with Crippen molar-refractivity contribution >= 4 is 45.0 Å².